The fourth-order valence-corrected chi connectivity index (χ4v) is 4.48. The van der Waals surface area contributed by atoms with Gasteiger partial charge < -0.3 is 15.5 Å². The number of carbonyl (C=O) groups excluding carboxylic acids is 1. The maximum atomic E-state index is 12.6. The van der Waals surface area contributed by atoms with Crippen molar-refractivity contribution in [1.29, 1.82) is 0 Å². The van der Waals surface area contributed by atoms with Crippen molar-refractivity contribution in [2.75, 3.05) is 13.1 Å². The van der Waals surface area contributed by atoms with Gasteiger partial charge in [-0.25, -0.2) is 0 Å². The molecule has 1 fully saturated rings. The van der Waals surface area contributed by atoms with Crippen molar-refractivity contribution in [2.45, 2.75) is 50.5 Å². The maximum absolute atomic E-state index is 12.6. The smallest absolute Gasteiger partial charge is 0.233 e. The predicted octanol–water partition coefficient (Wildman–Crippen LogP) is 2.60. The summed E-state index contributed by atoms with van der Waals surface area (Å²) in [7, 11) is 0. The molecule has 1 amide bonds. The van der Waals surface area contributed by atoms with Gasteiger partial charge in [-0.2, -0.15) is 0 Å². The van der Waals surface area contributed by atoms with E-state index in [4.69, 9.17) is 0 Å². The van der Waals surface area contributed by atoms with Gasteiger partial charge in [0, 0.05) is 48.8 Å². The molecule has 156 valence electrons. The number of carbonyl (C=O) groups is 1. The fraction of sp³-hybridized carbons (Fsp3) is 0.455. The van der Waals surface area contributed by atoms with Crippen LogP contribution in [0.5, 0.6) is 5.75 Å². The lowest BCUT2D eigenvalue weighted by Gasteiger charge is -2.19. The van der Waals surface area contributed by atoms with E-state index in [1.165, 1.54) is 17.3 Å². The summed E-state index contributed by atoms with van der Waals surface area (Å²) in [4.78, 5) is 19.1. The Labute approximate surface area is 176 Å². The van der Waals surface area contributed by atoms with E-state index in [2.05, 4.69) is 27.3 Å². The van der Waals surface area contributed by atoms with Crippen LogP contribution in [0.15, 0.2) is 36.5 Å². The highest BCUT2D eigenvalue weighted by molar-refractivity contribution is 7.99. The van der Waals surface area contributed by atoms with Gasteiger partial charge in [-0.3, -0.25) is 14.7 Å². The molecule has 1 aliphatic heterocycles. The molecule has 0 aliphatic carbocycles. The van der Waals surface area contributed by atoms with E-state index in [1.54, 1.807) is 13.1 Å². The van der Waals surface area contributed by atoms with Gasteiger partial charge in [0.25, 0.3) is 0 Å². The maximum Gasteiger partial charge on any atom is 0.233 e. The van der Waals surface area contributed by atoms with E-state index in [-0.39, 0.29) is 29.6 Å². The summed E-state index contributed by atoms with van der Waals surface area (Å²) >= 11 is 1.45. The van der Waals surface area contributed by atoms with Crippen molar-refractivity contribution in [1.82, 2.24) is 15.2 Å². The first-order valence-electron chi connectivity index (χ1n) is 9.93. The molecule has 6 nitrogen and oxygen atoms in total. The number of aromatic hydroxyl groups is 1. The lowest BCUT2D eigenvalue weighted by molar-refractivity contribution is -0.120. The Hall–Kier alpha value is -2.09. The molecular weight excluding hydrogens is 386 g/mol. The summed E-state index contributed by atoms with van der Waals surface area (Å²) in [5.41, 5.74) is 3.06. The fourth-order valence-electron chi connectivity index (χ4n) is 3.52. The minimum absolute atomic E-state index is 0.0115. The summed E-state index contributed by atoms with van der Waals surface area (Å²) in [5, 5.41) is 22.6. The standard InChI is InChI=1S/C22H29N3O3S/c1-15-21(27)20(18(13-26)10-23-15)14-29-16(2)22(28)24-19-8-9-25(12-19)11-17-6-4-3-5-7-17/h3-7,10,16,19,26-27H,8-9,11-14H2,1-2H3,(H,24,28). The molecule has 0 radical (unpaired) electrons. The number of nitrogens with one attached hydrogen (secondary N) is 1. The van der Waals surface area contributed by atoms with E-state index >= 15 is 0 Å². The summed E-state index contributed by atoms with van der Waals surface area (Å²) in [6, 6.07) is 10.5. The van der Waals surface area contributed by atoms with E-state index in [0.717, 1.165) is 26.1 Å². The van der Waals surface area contributed by atoms with Gasteiger partial charge in [-0.15, -0.1) is 11.8 Å². The summed E-state index contributed by atoms with van der Waals surface area (Å²) in [6.07, 6.45) is 2.53. The number of aliphatic hydroxyl groups is 1. The van der Waals surface area contributed by atoms with Crippen molar-refractivity contribution >= 4 is 17.7 Å². The average Bonchev–Trinajstić information content (AvgIpc) is 3.16. The third kappa shape index (κ3) is 5.72. The van der Waals surface area contributed by atoms with Crippen LogP contribution in [0, 0.1) is 6.92 Å². The molecular formula is C22H29N3O3S. The molecule has 3 rings (SSSR count). The molecule has 1 aromatic carbocycles. The summed E-state index contributed by atoms with van der Waals surface area (Å²) in [6.45, 7) is 6.16. The van der Waals surface area contributed by atoms with Crippen LogP contribution in [-0.2, 0) is 23.7 Å². The zero-order valence-corrected chi connectivity index (χ0v) is 17.8. The predicted molar refractivity (Wildman–Crippen MR) is 116 cm³/mol. The minimum Gasteiger partial charge on any atom is -0.506 e. The molecule has 2 atom stereocenters. The van der Waals surface area contributed by atoms with E-state index in [9.17, 15) is 15.0 Å². The third-order valence-corrected chi connectivity index (χ3v) is 6.48. The number of amides is 1. The van der Waals surface area contributed by atoms with Crippen LogP contribution < -0.4 is 5.32 Å². The van der Waals surface area contributed by atoms with Crippen molar-refractivity contribution in [3.63, 3.8) is 0 Å². The molecule has 1 saturated heterocycles. The molecule has 2 unspecified atom stereocenters. The van der Waals surface area contributed by atoms with Gasteiger partial charge in [-0.1, -0.05) is 30.3 Å². The van der Waals surface area contributed by atoms with Crippen LogP contribution >= 0.6 is 11.8 Å². The quantitative estimate of drug-likeness (QED) is 0.615. The van der Waals surface area contributed by atoms with Gasteiger partial charge in [0.05, 0.1) is 17.6 Å². The molecule has 3 N–H and O–H groups in total. The topological polar surface area (TPSA) is 85.7 Å². The van der Waals surface area contributed by atoms with E-state index < -0.39 is 0 Å². The molecule has 1 aliphatic rings. The van der Waals surface area contributed by atoms with Gasteiger partial charge in [0.1, 0.15) is 5.75 Å². The molecule has 0 spiro atoms. The van der Waals surface area contributed by atoms with Crippen LogP contribution in [0.1, 0.15) is 35.7 Å². The van der Waals surface area contributed by atoms with Gasteiger partial charge in [-0.05, 0) is 25.8 Å². The number of benzene rings is 1. The zero-order valence-electron chi connectivity index (χ0n) is 17.0. The molecule has 2 aromatic rings. The van der Waals surface area contributed by atoms with Gasteiger partial charge in [0.15, 0.2) is 0 Å². The normalized spacial score (nSPS) is 18.0. The van der Waals surface area contributed by atoms with Crippen molar-refractivity contribution in [3.05, 3.63) is 58.9 Å². The number of pyridine rings is 1. The zero-order chi connectivity index (χ0) is 20.8. The molecule has 2 heterocycles. The number of aromatic nitrogens is 1. The molecule has 0 bridgehead atoms. The number of rotatable bonds is 8. The number of nitrogens with zero attached hydrogens (tertiary/aromatic N) is 2. The lowest BCUT2D eigenvalue weighted by Crippen LogP contribution is -2.40. The first kappa shape index (κ1) is 21.6. The monoisotopic (exact) mass is 415 g/mol. The van der Waals surface area contributed by atoms with Gasteiger partial charge in [0.2, 0.25) is 5.91 Å². The summed E-state index contributed by atoms with van der Waals surface area (Å²) < 4.78 is 0. The molecule has 1 aromatic heterocycles. The lowest BCUT2D eigenvalue weighted by atomic mass is 10.1. The Morgan fingerprint density at radius 2 is 2.14 bits per heavy atom. The van der Waals surface area contributed by atoms with Crippen LogP contribution in [0.2, 0.25) is 0 Å². The van der Waals surface area contributed by atoms with E-state index in [0.29, 0.717) is 22.6 Å². The van der Waals surface area contributed by atoms with Crippen LogP contribution in [0.4, 0.5) is 0 Å². The Bertz CT molecular complexity index is 832. The number of aryl methyl sites for hydroxylation is 1. The highest BCUT2D eigenvalue weighted by atomic mass is 32.2. The van der Waals surface area contributed by atoms with Crippen LogP contribution in [-0.4, -0.2) is 50.4 Å². The van der Waals surface area contributed by atoms with Gasteiger partial charge >= 0.3 is 0 Å². The minimum atomic E-state index is -0.252. The summed E-state index contributed by atoms with van der Waals surface area (Å²) in [5.74, 6) is 0.561. The average molecular weight is 416 g/mol. The molecule has 0 saturated carbocycles. The van der Waals surface area contributed by atoms with Crippen molar-refractivity contribution in [3.8, 4) is 5.75 Å². The number of likely N-dealkylation sites (tertiary alicyclic amines) is 1. The number of hydrogen-bond donors (Lipinski definition) is 3. The largest absolute Gasteiger partial charge is 0.506 e. The Morgan fingerprint density at radius 1 is 1.38 bits per heavy atom. The van der Waals surface area contributed by atoms with Crippen LogP contribution in [0.25, 0.3) is 0 Å². The van der Waals surface area contributed by atoms with Crippen molar-refractivity contribution in [2.24, 2.45) is 0 Å². The first-order valence-corrected chi connectivity index (χ1v) is 11.0. The second-order valence-corrected chi connectivity index (χ2v) is 8.85. The molecule has 7 heteroatoms. The van der Waals surface area contributed by atoms with Crippen LogP contribution in [0.3, 0.4) is 0 Å². The third-order valence-electron chi connectivity index (χ3n) is 5.32. The Morgan fingerprint density at radius 3 is 2.86 bits per heavy atom. The number of thioether (sulfide) groups is 1. The SMILES string of the molecule is Cc1ncc(CO)c(CSC(C)C(=O)NC2CCN(Cc3ccccc3)C2)c1O. The Kier molecular flexibility index (Phi) is 7.52. The number of aliphatic hydroxyl groups excluding tert-OH is 1. The highest BCUT2D eigenvalue weighted by Crippen LogP contribution is 2.29. The second-order valence-electron chi connectivity index (χ2n) is 7.52. The number of hydrogen-bond acceptors (Lipinski definition) is 6. The first-order chi connectivity index (χ1) is 14.0. The highest BCUT2D eigenvalue weighted by Gasteiger charge is 2.26. The Balaban J connectivity index is 1.48. The molecule has 29 heavy (non-hydrogen) atoms. The second kappa shape index (κ2) is 10.1. The van der Waals surface area contributed by atoms with E-state index in [1.807, 2.05) is 25.1 Å². The van der Waals surface area contributed by atoms with Crippen molar-refractivity contribution < 1.29 is 15.0 Å².